The molecule has 0 aliphatic heterocycles. The molecule has 2 unspecified atom stereocenters. The number of anilines is 2. The summed E-state index contributed by atoms with van der Waals surface area (Å²) in [7, 11) is 1.49. The van der Waals surface area contributed by atoms with Crippen molar-refractivity contribution in [3.05, 3.63) is 46.7 Å². The van der Waals surface area contributed by atoms with Gasteiger partial charge in [-0.3, -0.25) is 9.59 Å². The predicted octanol–water partition coefficient (Wildman–Crippen LogP) is 2.88. The van der Waals surface area contributed by atoms with Crippen LogP contribution in [-0.2, 0) is 20.7 Å². The predicted molar refractivity (Wildman–Crippen MR) is 106 cm³/mol. The van der Waals surface area contributed by atoms with Gasteiger partial charge in [0.15, 0.2) is 0 Å². The van der Waals surface area contributed by atoms with Crippen molar-refractivity contribution >= 4 is 34.5 Å². The quantitative estimate of drug-likeness (QED) is 0.630. The zero-order valence-corrected chi connectivity index (χ0v) is 16.1. The van der Waals surface area contributed by atoms with Gasteiger partial charge in [0.05, 0.1) is 0 Å². The topological polar surface area (TPSA) is 79.5 Å². The molecule has 1 heterocycles. The van der Waals surface area contributed by atoms with E-state index >= 15 is 0 Å². The molecule has 0 aliphatic carbocycles. The molecule has 2 atom stereocenters. The third-order valence-corrected chi connectivity index (χ3v) is 4.82. The Morgan fingerprint density at radius 3 is 2.58 bits per heavy atom. The number of benzene rings is 1. The van der Waals surface area contributed by atoms with Crippen LogP contribution in [0.25, 0.3) is 0 Å². The van der Waals surface area contributed by atoms with Gasteiger partial charge in [-0.2, -0.15) is 0 Å². The number of ether oxygens (including phenoxy) is 1. The number of thiophene rings is 1. The Morgan fingerprint density at radius 1 is 1.12 bits per heavy atom. The summed E-state index contributed by atoms with van der Waals surface area (Å²) in [6, 6.07) is 10.9. The molecule has 0 saturated carbocycles. The van der Waals surface area contributed by atoms with Crippen LogP contribution in [0, 0.1) is 0 Å². The molecule has 2 rings (SSSR count). The van der Waals surface area contributed by atoms with Crippen molar-refractivity contribution in [1.29, 1.82) is 0 Å². The van der Waals surface area contributed by atoms with E-state index in [1.807, 2.05) is 23.6 Å². The first kappa shape index (κ1) is 19.9. The van der Waals surface area contributed by atoms with E-state index in [-0.39, 0.29) is 17.9 Å². The first-order chi connectivity index (χ1) is 12.5. The summed E-state index contributed by atoms with van der Waals surface area (Å²) in [6.07, 6.45) is 0.301. The lowest BCUT2D eigenvalue weighted by molar-refractivity contribution is -0.124. The molecule has 1 aromatic heterocycles. The number of carbonyl (C=O) groups excluding carboxylic acids is 2. The molecule has 0 spiro atoms. The minimum atomic E-state index is -0.528. The van der Waals surface area contributed by atoms with Crippen molar-refractivity contribution in [2.75, 3.05) is 24.3 Å². The number of nitrogens with one attached hydrogen (secondary N) is 3. The summed E-state index contributed by atoms with van der Waals surface area (Å²) >= 11 is 1.69. The van der Waals surface area contributed by atoms with Gasteiger partial charge >= 0.3 is 0 Å². The summed E-state index contributed by atoms with van der Waals surface area (Å²) in [5.74, 6) is -0.284. The highest BCUT2D eigenvalue weighted by atomic mass is 32.1. The van der Waals surface area contributed by atoms with Crippen LogP contribution in [0.15, 0.2) is 41.8 Å². The van der Waals surface area contributed by atoms with E-state index in [1.54, 1.807) is 37.3 Å². The second kappa shape index (κ2) is 9.94. The number of amides is 2. The molecule has 1 aromatic carbocycles. The number of hydrogen-bond donors (Lipinski definition) is 3. The van der Waals surface area contributed by atoms with E-state index in [2.05, 4.69) is 22.0 Å². The largest absolute Gasteiger partial charge is 0.374 e. The molecule has 0 bridgehead atoms. The molecule has 0 saturated heterocycles. The SMILES string of the molecule is COC(C)C(=O)Nc1cccc(NC(C)C(=O)NCCc2cccs2)c1. The smallest absolute Gasteiger partial charge is 0.253 e. The fraction of sp³-hybridized carbons (Fsp3) is 0.368. The average molecular weight is 375 g/mol. The van der Waals surface area contributed by atoms with E-state index in [0.717, 1.165) is 12.1 Å². The molecule has 2 amide bonds. The van der Waals surface area contributed by atoms with Gasteiger partial charge in [-0.15, -0.1) is 11.3 Å². The zero-order chi connectivity index (χ0) is 18.9. The van der Waals surface area contributed by atoms with Crippen LogP contribution >= 0.6 is 11.3 Å². The molecule has 0 radical (unpaired) electrons. The Morgan fingerprint density at radius 2 is 1.88 bits per heavy atom. The van der Waals surface area contributed by atoms with E-state index in [0.29, 0.717) is 12.2 Å². The van der Waals surface area contributed by atoms with Gasteiger partial charge < -0.3 is 20.7 Å². The molecule has 3 N–H and O–H groups in total. The van der Waals surface area contributed by atoms with Gasteiger partial charge in [-0.05, 0) is 49.9 Å². The zero-order valence-electron chi connectivity index (χ0n) is 15.2. The summed E-state index contributed by atoms with van der Waals surface area (Å²) < 4.78 is 4.99. The molecule has 7 heteroatoms. The highest BCUT2D eigenvalue weighted by molar-refractivity contribution is 7.09. The molecular formula is C19H25N3O3S. The molecule has 2 aromatic rings. The summed E-state index contributed by atoms with van der Waals surface area (Å²) in [4.78, 5) is 25.3. The maximum absolute atomic E-state index is 12.2. The number of rotatable bonds is 9. The summed E-state index contributed by atoms with van der Waals surface area (Å²) in [5.41, 5.74) is 1.41. The Labute approximate surface area is 157 Å². The van der Waals surface area contributed by atoms with Gasteiger partial charge in [0.2, 0.25) is 5.91 Å². The van der Waals surface area contributed by atoms with Crippen LogP contribution in [0.4, 0.5) is 11.4 Å². The van der Waals surface area contributed by atoms with Crippen LogP contribution < -0.4 is 16.0 Å². The summed E-state index contributed by atoms with van der Waals surface area (Å²) in [6.45, 7) is 4.09. The Bertz CT molecular complexity index is 719. The summed E-state index contributed by atoms with van der Waals surface area (Å²) in [5, 5.41) is 10.9. The lowest BCUT2D eigenvalue weighted by Crippen LogP contribution is -2.38. The van der Waals surface area contributed by atoms with Crippen LogP contribution in [0.3, 0.4) is 0 Å². The van der Waals surface area contributed by atoms with Gasteiger partial charge in [0.25, 0.3) is 5.91 Å². The van der Waals surface area contributed by atoms with Crippen LogP contribution in [-0.4, -0.2) is 37.6 Å². The Hall–Kier alpha value is -2.38. The minimum absolute atomic E-state index is 0.0657. The van der Waals surface area contributed by atoms with Gasteiger partial charge in [0.1, 0.15) is 12.1 Å². The van der Waals surface area contributed by atoms with Crippen molar-refractivity contribution < 1.29 is 14.3 Å². The van der Waals surface area contributed by atoms with Crippen LogP contribution in [0.2, 0.25) is 0 Å². The molecule has 0 fully saturated rings. The standard InChI is InChI=1S/C19H25N3O3S/c1-13(18(23)20-10-9-17-8-5-11-26-17)21-15-6-4-7-16(12-15)22-19(24)14(2)25-3/h4-8,11-14,21H,9-10H2,1-3H3,(H,20,23)(H,22,24). The highest BCUT2D eigenvalue weighted by Crippen LogP contribution is 2.16. The van der Waals surface area contributed by atoms with Crippen molar-refractivity contribution in [2.45, 2.75) is 32.4 Å². The average Bonchev–Trinajstić information content (AvgIpc) is 3.14. The Kier molecular flexibility index (Phi) is 7.62. The molecular weight excluding hydrogens is 350 g/mol. The monoisotopic (exact) mass is 375 g/mol. The van der Waals surface area contributed by atoms with E-state index in [9.17, 15) is 9.59 Å². The fourth-order valence-corrected chi connectivity index (χ4v) is 2.98. The van der Waals surface area contributed by atoms with Crippen molar-refractivity contribution in [1.82, 2.24) is 5.32 Å². The van der Waals surface area contributed by atoms with Crippen molar-refractivity contribution in [3.63, 3.8) is 0 Å². The molecule has 26 heavy (non-hydrogen) atoms. The lowest BCUT2D eigenvalue weighted by atomic mass is 10.2. The van der Waals surface area contributed by atoms with Gasteiger partial charge in [0, 0.05) is 29.9 Å². The third kappa shape index (κ3) is 6.16. The lowest BCUT2D eigenvalue weighted by Gasteiger charge is -2.16. The maximum atomic E-state index is 12.2. The third-order valence-electron chi connectivity index (χ3n) is 3.88. The maximum Gasteiger partial charge on any atom is 0.253 e. The van der Waals surface area contributed by atoms with Crippen molar-refractivity contribution in [2.24, 2.45) is 0 Å². The number of carbonyl (C=O) groups is 2. The number of hydrogen-bond acceptors (Lipinski definition) is 5. The number of methoxy groups -OCH3 is 1. The first-order valence-corrected chi connectivity index (χ1v) is 9.38. The molecule has 0 aliphatic rings. The van der Waals surface area contributed by atoms with Crippen LogP contribution in [0.1, 0.15) is 18.7 Å². The molecule has 140 valence electrons. The van der Waals surface area contributed by atoms with Crippen molar-refractivity contribution in [3.8, 4) is 0 Å². The second-order valence-corrected chi connectivity index (χ2v) is 6.97. The second-order valence-electron chi connectivity index (χ2n) is 5.93. The van der Waals surface area contributed by atoms with Crippen LogP contribution in [0.5, 0.6) is 0 Å². The minimum Gasteiger partial charge on any atom is -0.374 e. The first-order valence-electron chi connectivity index (χ1n) is 8.50. The van der Waals surface area contributed by atoms with Gasteiger partial charge in [-0.25, -0.2) is 0 Å². The van der Waals surface area contributed by atoms with Gasteiger partial charge in [-0.1, -0.05) is 12.1 Å². The van der Waals surface area contributed by atoms with E-state index < -0.39 is 6.10 Å². The van der Waals surface area contributed by atoms with E-state index in [1.165, 1.54) is 12.0 Å². The van der Waals surface area contributed by atoms with E-state index in [4.69, 9.17) is 4.74 Å². The normalized spacial score (nSPS) is 12.9. The molecule has 6 nitrogen and oxygen atoms in total. The Balaban J connectivity index is 1.83. The fourth-order valence-electron chi connectivity index (χ4n) is 2.27. The highest BCUT2D eigenvalue weighted by Gasteiger charge is 2.14.